The van der Waals surface area contributed by atoms with Gasteiger partial charge in [-0.15, -0.1) is 0 Å². The number of amides is 1. The van der Waals surface area contributed by atoms with E-state index in [4.69, 9.17) is 0 Å². The Morgan fingerprint density at radius 1 is 1.47 bits per heavy atom. The molecule has 0 bridgehead atoms. The molecule has 2 rings (SSSR count). The van der Waals surface area contributed by atoms with Crippen molar-refractivity contribution >= 4 is 38.9 Å². The molecule has 0 aliphatic rings. The zero-order valence-corrected chi connectivity index (χ0v) is 10.0. The molecule has 1 amide bonds. The Labute approximate surface area is 99.3 Å². The summed E-state index contributed by atoms with van der Waals surface area (Å²) in [4.78, 5) is 15.7. The molecule has 0 aromatic carbocycles. The third kappa shape index (κ3) is 2.64. The van der Waals surface area contributed by atoms with Gasteiger partial charge in [-0.05, 0) is 39.5 Å². The van der Waals surface area contributed by atoms with Gasteiger partial charge < -0.3 is 5.32 Å². The third-order valence-corrected chi connectivity index (χ3v) is 2.88. The van der Waals surface area contributed by atoms with Crippen molar-refractivity contribution < 1.29 is 4.79 Å². The molecule has 0 unspecified atom stereocenters. The summed E-state index contributed by atoms with van der Waals surface area (Å²) in [7, 11) is 0. The third-order valence-electron chi connectivity index (χ3n) is 1.77. The number of thiophene rings is 1. The molecule has 3 nitrogen and oxygen atoms in total. The normalized spacial score (nSPS) is 9.93. The van der Waals surface area contributed by atoms with Crippen LogP contribution in [0.5, 0.6) is 0 Å². The van der Waals surface area contributed by atoms with E-state index in [2.05, 4.69) is 26.2 Å². The molecule has 0 aliphatic heterocycles. The first kappa shape index (κ1) is 10.3. The number of halogens is 1. The average molecular weight is 283 g/mol. The minimum Gasteiger partial charge on any atom is -0.321 e. The number of anilines is 1. The van der Waals surface area contributed by atoms with Crippen LogP contribution < -0.4 is 5.32 Å². The van der Waals surface area contributed by atoms with Crippen molar-refractivity contribution in [2.24, 2.45) is 0 Å². The quantitative estimate of drug-likeness (QED) is 0.860. The van der Waals surface area contributed by atoms with E-state index < -0.39 is 0 Å². The highest BCUT2D eigenvalue weighted by atomic mass is 79.9. The summed E-state index contributed by atoms with van der Waals surface area (Å²) in [5, 5.41) is 6.59. The summed E-state index contributed by atoms with van der Waals surface area (Å²) in [6, 6.07) is 5.22. The lowest BCUT2D eigenvalue weighted by molar-refractivity contribution is 0.102. The topological polar surface area (TPSA) is 42.0 Å². The van der Waals surface area contributed by atoms with Gasteiger partial charge in [-0.2, -0.15) is 11.3 Å². The number of aromatic nitrogens is 1. The van der Waals surface area contributed by atoms with Crippen LogP contribution in [0.2, 0.25) is 0 Å². The first-order valence-corrected chi connectivity index (χ1v) is 5.94. The molecule has 76 valence electrons. The molecule has 0 saturated carbocycles. The van der Waals surface area contributed by atoms with Crippen molar-refractivity contribution in [2.75, 3.05) is 5.32 Å². The van der Waals surface area contributed by atoms with E-state index in [9.17, 15) is 4.79 Å². The summed E-state index contributed by atoms with van der Waals surface area (Å²) in [5.41, 5.74) is 1.40. The Balaban J connectivity index is 2.15. The van der Waals surface area contributed by atoms with Gasteiger partial charge in [-0.25, -0.2) is 4.98 Å². The van der Waals surface area contributed by atoms with Crippen LogP contribution >= 0.6 is 27.3 Å². The fourth-order valence-corrected chi connectivity index (χ4v) is 2.04. The van der Waals surface area contributed by atoms with Gasteiger partial charge in [0.1, 0.15) is 4.60 Å². The van der Waals surface area contributed by atoms with Crippen LogP contribution in [0.3, 0.4) is 0 Å². The fourth-order valence-electron chi connectivity index (χ4n) is 1.08. The van der Waals surface area contributed by atoms with Crippen molar-refractivity contribution in [2.45, 2.75) is 0 Å². The van der Waals surface area contributed by atoms with Crippen LogP contribution in [0.25, 0.3) is 0 Å². The number of nitrogens with one attached hydrogen (secondary N) is 1. The summed E-state index contributed by atoms with van der Waals surface area (Å²) in [6.45, 7) is 0. The maximum atomic E-state index is 11.7. The lowest BCUT2D eigenvalue weighted by Crippen LogP contribution is -2.11. The van der Waals surface area contributed by atoms with Crippen LogP contribution in [0.4, 0.5) is 5.69 Å². The van der Waals surface area contributed by atoms with E-state index >= 15 is 0 Å². The van der Waals surface area contributed by atoms with E-state index in [0.717, 1.165) is 5.69 Å². The molecule has 0 radical (unpaired) electrons. The van der Waals surface area contributed by atoms with Gasteiger partial charge in [0.05, 0.1) is 5.69 Å². The average Bonchev–Trinajstić information content (AvgIpc) is 2.70. The van der Waals surface area contributed by atoms with Gasteiger partial charge in [0.15, 0.2) is 0 Å². The highest BCUT2D eigenvalue weighted by Gasteiger charge is 2.06. The Morgan fingerprint density at radius 3 is 3.00 bits per heavy atom. The number of pyridine rings is 1. The number of hydrogen-bond donors (Lipinski definition) is 1. The Bertz CT molecular complexity index is 470. The van der Waals surface area contributed by atoms with Crippen molar-refractivity contribution in [1.82, 2.24) is 4.98 Å². The lowest BCUT2D eigenvalue weighted by atomic mass is 10.2. The minimum absolute atomic E-state index is 0.128. The minimum atomic E-state index is -0.128. The molecular formula is C10H7BrN2OS. The fraction of sp³-hybridized carbons (Fsp3) is 0. The van der Waals surface area contributed by atoms with Crippen LogP contribution in [-0.2, 0) is 0 Å². The SMILES string of the molecule is O=C(Nc1ccsc1)c1ccnc(Br)c1. The highest BCUT2D eigenvalue weighted by molar-refractivity contribution is 9.10. The summed E-state index contributed by atoms with van der Waals surface area (Å²) in [5.74, 6) is -0.128. The van der Waals surface area contributed by atoms with Gasteiger partial charge in [0, 0.05) is 17.1 Å². The van der Waals surface area contributed by atoms with Crippen molar-refractivity contribution in [3.05, 3.63) is 45.3 Å². The second-order valence-corrected chi connectivity index (χ2v) is 4.43. The molecule has 2 aromatic heterocycles. The van der Waals surface area contributed by atoms with Gasteiger partial charge in [-0.3, -0.25) is 4.79 Å². The Morgan fingerprint density at radius 2 is 2.33 bits per heavy atom. The Kier molecular flexibility index (Phi) is 3.13. The number of carbonyl (C=O) groups excluding carboxylic acids is 1. The number of nitrogens with zero attached hydrogens (tertiary/aromatic N) is 1. The molecule has 0 atom stereocenters. The maximum absolute atomic E-state index is 11.7. The molecule has 0 aliphatic carbocycles. The standard InChI is InChI=1S/C10H7BrN2OS/c11-9-5-7(1-3-12-9)10(14)13-8-2-4-15-6-8/h1-6H,(H,13,14). The zero-order valence-electron chi connectivity index (χ0n) is 7.61. The Hall–Kier alpha value is -1.20. The predicted molar refractivity (Wildman–Crippen MR) is 64.2 cm³/mol. The van der Waals surface area contributed by atoms with E-state index in [-0.39, 0.29) is 5.91 Å². The summed E-state index contributed by atoms with van der Waals surface area (Å²) >= 11 is 4.76. The number of rotatable bonds is 2. The van der Waals surface area contributed by atoms with Crippen LogP contribution in [0.15, 0.2) is 39.8 Å². The van der Waals surface area contributed by atoms with Crippen molar-refractivity contribution in [3.8, 4) is 0 Å². The molecular weight excluding hydrogens is 276 g/mol. The largest absolute Gasteiger partial charge is 0.321 e. The molecule has 0 spiro atoms. The summed E-state index contributed by atoms with van der Waals surface area (Å²) < 4.78 is 0.653. The molecule has 0 fully saturated rings. The highest BCUT2D eigenvalue weighted by Crippen LogP contribution is 2.14. The van der Waals surface area contributed by atoms with Gasteiger partial charge >= 0.3 is 0 Å². The van der Waals surface area contributed by atoms with E-state index in [1.807, 2.05) is 16.8 Å². The molecule has 2 heterocycles. The maximum Gasteiger partial charge on any atom is 0.255 e. The van der Waals surface area contributed by atoms with E-state index in [1.165, 1.54) is 0 Å². The predicted octanol–water partition coefficient (Wildman–Crippen LogP) is 3.16. The number of carbonyl (C=O) groups is 1. The second-order valence-electron chi connectivity index (χ2n) is 2.83. The number of hydrogen-bond acceptors (Lipinski definition) is 3. The van der Waals surface area contributed by atoms with Crippen molar-refractivity contribution in [1.29, 1.82) is 0 Å². The van der Waals surface area contributed by atoms with Crippen molar-refractivity contribution in [3.63, 3.8) is 0 Å². The molecule has 1 N–H and O–H groups in total. The monoisotopic (exact) mass is 282 g/mol. The van der Waals surface area contributed by atoms with Gasteiger partial charge in [-0.1, -0.05) is 0 Å². The van der Waals surface area contributed by atoms with Crippen LogP contribution in [-0.4, -0.2) is 10.9 Å². The smallest absolute Gasteiger partial charge is 0.255 e. The lowest BCUT2D eigenvalue weighted by Gasteiger charge is -2.02. The molecule has 0 saturated heterocycles. The second kappa shape index (κ2) is 4.55. The first-order valence-electron chi connectivity index (χ1n) is 4.21. The molecule has 5 heteroatoms. The van der Waals surface area contributed by atoms with E-state index in [1.54, 1.807) is 29.7 Å². The van der Waals surface area contributed by atoms with Gasteiger partial charge in [0.25, 0.3) is 5.91 Å². The van der Waals surface area contributed by atoms with E-state index in [0.29, 0.717) is 10.2 Å². The van der Waals surface area contributed by atoms with Gasteiger partial charge in [0.2, 0.25) is 0 Å². The summed E-state index contributed by atoms with van der Waals surface area (Å²) in [6.07, 6.45) is 1.59. The molecule has 2 aromatic rings. The first-order chi connectivity index (χ1) is 7.25. The molecule has 15 heavy (non-hydrogen) atoms. The zero-order chi connectivity index (χ0) is 10.7. The van der Waals surface area contributed by atoms with Crippen LogP contribution in [0.1, 0.15) is 10.4 Å². The van der Waals surface area contributed by atoms with Crippen LogP contribution in [0, 0.1) is 0 Å².